The molecule has 416 valence electrons. The minimum atomic E-state index is -5.15. The van der Waals surface area contributed by atoms with Crippen molar-refractivity contribution in [3.05, 3.63) is 12.2 Å². The van der Waals surface area contributed by atoms with E-state index in [-0.39, 0.29) is 6.42 Å². The van der Waals surface area contributed by atoms with Crippen LogP contribution in [0.5, 0.6) is 0 Å². The van der Waals surface area contributed by atoms with Crippen LogP contribution in [0.25, 0.3) is 0 Å². The first-order chi connectivity index (χ1) is 33.8. The van der Waals surface area contributed by atoms with Crippen molar-refractivity contribution in [3.63, 3.8) is 0 Å². The predicted molar refractivity (Wildman–Crippen MR) is 284 cm³/mol. The van der Waals surface area contributed by atoms with Gasteiger partial charge in [0.15, 0.2) is 0 Å². The quantitative estimate of drug-likeness (QED) is 0.0158. The van der Waals surface area contributed by atoms with Crippen molar-refractivity contribution in [1.82, 2.24) is 5.32 Å². The fraction of sp³-hybridized carbons (Fsp3) is 0.946. The summed E-state index contributed by atoms with van der Waals surface area (Å²) in [5.74, 6) is -0.586. The first-order valence-corrected chi connectivity index (χ1v) is 30.7. The van der Waals surface area contributed by atoms with Crippen molar-refractivity contribution in [2.75, 3.05) is 6.61 Å². The molecule has 13 nitrogen and oxygen atoms in total. The number of hydrogen-bond acceptors (Lipinski definition) is 11. The van der Waals surface area contributed by atoms with Gasteiger partial charge in [0.25, 0.3) is 0 Å². The van der Waals surface area contributed by atoms with Crippen LogP contribution in [0.4, 0.5) is 0 Å². The molecule has 8 atom stereocenters. The highest BCUT2D eigenvalue weighted by Crippen LogP contribution is 2.47. The number of amides is 1. The molecule has 0 bridgehead atoms. The molecule has 0 spiro atoms. The van der Waals surface area contributed by atoms with Crippen molar-refractivity contribution in [3.8, 4) is 0 Å². The Labute approximate surface area is 427 Å². The van der Waals surface area contributed by atoms with Gasteiger partial charge >= 0.3 is 7.82 Å². The van der Waals surface area contributed by atoms with E-state index >= 15 is 0 Å². The van der Waals surface area contributed by atoms with Gasteiger partial charge in [-0.15, -0.1) is 0 Å². The summed E-state index contributed by atoms with van der Waals surface area (Å²) >= 11 is 0. The highest BCUT2D eigenvalue weighted by molar-refractivity contribution is 7.47. The van der Waals surface area contributed by atoms with E-state index in [2.05, 4.69) is 19.2 Å². The zero-order valence-electron chi connectivity index (χ0n) is 44.7. The van der Waals surface area contributed by atoms with Crippen molar-refractivity contribution < 1.29 is 59.0 Å². The maximum atomic E-state index is 13.1. The Morgan fingerprint density at radius 3 is 1.17 bits per heavy atom. The minimum Gasteiger partial charge on any atom is -0.393 e. The number of carbonyl (C=O) groups excluding carboxylic acids is 1. The summed E-state index contributed by atoms with van der Waals surface area (Å²) in [6.45, 7) is 3.80. The van der Waals surface area contributed by atoms with Crippen LogP contribution in [0.3, 0.4) is 0 Å². The zero-order valence-corrected chi connectivity index (χ0v) is 45.6. The molecule has 1 fully saturated rings. The second-order valence-corrected chi connectivity index (χ2v) is 22.4. The standard InChI is InChI=1S/C56H110NO12P/c1-3-5-7-9-11-13-15-17-19-21-23-24-26-27-29-31-33-35-37-39-41-43-47(58)45-50(60)57-48(46-68-70(66,67)69-56-54(64)52(62)51(61)53(63)55(56)65)49(59)44-42-40-38-36-34-32-30-28-25-22-20-18-16-14-12-10-8-6-4-2/h42,44,47-49,51-56,58-59,61-65H,3-41,43,45-46H2,1-2H3,(H,57,60)(H,66,67)/b44-42+. The summed E-state index contributed by atoms with van der Waals surface area (Å²) in [7, 11) is -5.15. The molecular weight excluding hydrogens is 910 g/mol. The first-order valence-electron chi connectivity index (χ1n) is 29.2. The molecule has 9 N–H and O–H groups in total. The van der Waals surface area contributed by atoms with E-state index in [1.165, 1.54) is 205 Å². The average molecular weight is 1020 g/mol. The molecule has 0 heterocycles. The number of phosphoric ester groups is 1. The van der Waals surface area contributed by atoms with Gasteiger partial charge in [-0.1, -0.05) is 264 Å². The van der Waals surface area contributed by atoms with Crippen molar-refractivity contribution in [2.45, 2.75) is 332 Å². The number of hydrogen-bond donors (Lipinski definition) is 9. The number of phosphoric acid groups is 1. The van der Waals surface area contributed by atoms with Gasteiger partial charge in [-0.2, -0.15) is 0 Å². The molecule has 0 radical (unpaired) electrons. The van der Waals surface area contributed by atoms with Crippen LogP contribution in [0.2, 0.25) is 0 Å². The van der Waals surface area contributed by atoms with Gasteiger partial charge in [0.1, 0.15) is 36.6 Å². The predicted octanol–water partition coefficient (Wildman–Crippen LogP) is 12.1. The number of aliphatic hydroxyl groups is 7. The third kappa shape index (κ3) is 36.1. The fourth-order valence-corrected chi connectivity index (χ4v) is 10.6. The van der Waals surface area contributed by atoms with E-state index in [1.807, 2.05) is 0 Å². The summed E-state index contributed by atoms with van der Waals surface area (Å²) in [5, 5.41) is 74.9. The molecule has 8 unspecified atom stereocenters. The molecule has 0 aliphatic heterocycles. The smallest absolute Gasteiger partial charge is 0.393 e. The van der Waals surface area contributed by atoms with Gasteiger partial charge in [-0.05, 0) is 19.3 Å². The highest BCUT2D eigenvalue weighted by atomic mass is 31.2. The third-order valence-corrected chi connectivity index (χ3v) is 15.4. The number of rotatable bonds is 50. The van der Waals surface area contributed by atoms with Crippen LogP contribution in [0.15, 0.2) is 12.2 Å². The molecular formula is C56H110NO12P. The largest absolute Gasteiger partial charge is 0.472 e. The van der Waals surface area contributed by atoms with Crippen molar-refractivity contribution in [2.24, 2.45) is 0 Å². The maximum Gasteiger partial charge on any atom is 0.472 e. The average Bonchev–Trinajstić information content (AvgIpc) is 3.34. The molecule has 0 aromatic carbocycles. The van der Waals surface area contributed by atoms with E-state index in [1.54, 1.807) is 6.08 Å². The fourth-order valence-electron chi connectivity index (χ4n) is 9.66. The summed E-state index contributed by atoms with van der Waals surface area (Å²) in [6.07, 6.45) is 38.6. The van der Waals surface area contributed by atoms with Gasteiger partial charge in [0.2, 0.25) is 5.91 Å². The molecule has 70 heavy (non-hydrogen) atoms. The molecule has 0 aromatic rings. The molecule has 0 aromatic heterocycles. The van der Waals surface area contributed by atoms with Gasteiger partial charge in [-0.25, -0.2) is 4.57 Å². The lowest BCUT2D eigenvalue weighted by atomic mass is 9.85. The third-order valence-electron chi connectivity index (χ3n) is 14.4. The Morgan fingerprint density at radius 2 is 0.814 bits per heavy atom. The van der Waals surface area contributed by atoms with Crippen LogP contribution in [-0.4, -0.2) is 108 Å². The Hall–Kier alpha value is -0.960. The van der Waals surface area contributed by atoms with Crippen LogP contribution in [0, 0.1) is 0 Å². The Kier molecular flexibility index (Phi) is 43.5. The second-order valence-electron chi connectivity index (χ2n) is 21.0. The van der Waals surface area contributed by atoms with E-state index in [4.69, 9.17) is 9.05 Å². The lowest BCUT2D eigenvalue weighted by Crippen LogP contribution is -2.64. The number of carbonyl (C=O) groups is 1. The van der Waals surface area contributed by atoms with E-state index in [0.717, 1.165) is 44.9 Å². The molecule has 14 heteroatoms. The normalized spacial score (nSPS) is 21.8. The monoisotopic (exact) mass is 1020 g/mol. The minimum absolute atomic E-state index is 0.239. The summed E-state index contributed by atoms with van der Waals surface area (Å²) in [6, 6.07) is -1.24. The zero-order chi connectivity index (χ0) is 51.5. The molecule has 1 rings (SSSR count). The molecule has 0 saturated heterocycles. The van der Waals surface area contributed by atoms with Crippen LogP contribution < -0.4 is 5.32 Å². The lowest BCUT2D eigenvalue weighted by Gasteiger charge is -2.41. The number of unbranched alkanes of at least 4 members (excludes halogenated alkanes) is 37. The summed E-state index contributed by atoms with van der Waals surface area (Å²) in [4.78, 5) is 23.6. The second kappa shape index (κ2) is 45.4. The van der Waals surface area contributed by atoms with E-state index < -0.39 is 75.2 Å². The van der Waals surface area contributed by atoms with Gasteiger partial charge in [0, 0.05) is 0 Å². The molecule has 1 aliphatic carbocycles. The number of nitrogens with one attached hydrogen (secondary N) is 1. The maximum absolute atomic E-state index is 13.1. The Bertz CT molecular complexity index is 1250. The molecule has 1 amide bonds. The van der Waals surface area contributed by atoms with Gasteiger partial charge in [-0.3, -0.25) is 13.8 Å². The highest BCUT2D eigenvalue weighted by Gasteiger charge is 2.51. The lowest BCUT2D eigenvalue weighted by molar-refractivity contribution is -0.220. The molecule has 1 aliphatic rings. The topological polar surface area (TPSA) is 226 Å². The van der Waals surface area contributed by atoms with E-state index in [9.17, 15) is 50.0 Å². The van der Waals surface area contributed by atoms with Crippen LogP contribution >= 0.6 is 7.82 Å². The Balaban J connectivity index is 2.40. The van der Waals surface area contributed by atoms with Crippen LogP contribution in [0.1, 0.15) is 277 Å². The number of allylic oxidation sites excluding steroid dienone is 1. The van der Waals surface area contributed by atoms with Crippen LogP contribution in [-0.2, 0) is 18.4 Å². The van der Waals surface area contributed by atoms with Gasteiger partial charge in [0.05, 0.1) is 31.3 Å². The molecule has 1 saturated carbocycles. The summed E-state index contributed by atoms with van der Waals surface area (Å²) < 4.78 is 23.0. The van der Waals surface area contributed by atoms with E-state index in [0.29, 0.717) is 12.8 Å². The Morgan fingerprint density at radius 1 is 0.500 bits per heavy atom. The number of aliphatic hydroxyl groups excluding tert-OH is 7. The van der Waals surface area contributed by atoms with Crippen molar-refractivity contribution >= 4 is 13.7 Å². The SMILES string of the molecule is CCCCCCCCCCCCCCCCCCC/C=C/C(O)C(COP(=O)(O)OC1C(O)C(O)C(O)C(O)C1O)NC(=O)CC(O)CCCCCCCCCCCCCCCCCCCCCCC. The first kappa shape index (κ1) is 67.1. The van der Waals surface area contributed by atoms with Gasteiger partial charge < -0.3 is 46.0 Å². The van der Waals surface area contributed by atoms with Crippen molar-refractivity contribution in [1.29, 1.82) is 0 Å². The summed E-state index contributed by atoms with van der Waals surface area (Å²) in [5.41, 5.74) is 0.